The Labute approximate surface area is 178 Å². The molecule has 1 saturated carbocycles. The van der Waals surface area contributed by atoms with Crippen molar-refractivity contribution in [2.45, 2.75) is 21.6 Å². The van der Waals surface area contributed by atoms with Crippen molar-refractivity contribution < 1.29 is 9.59 Å². The third-order valence-corrected chi connectivity index (χ3v) is 7.71. The van der Waals surface area contributed by atoms with Gasteiger partial charge in [0.2, 0.25) is 0 Å². The minimum absolute atomic E-state index is 0.243. The van der Waals surface area contributed by atoms with E-state index in [1.165, 1.54) is 0 Å². The molecule has 2 aliphatic rings. The van der Waals surface area contributed by atoms with Crippen LogP contribution in [0.15, 0.2) is 91.0 Å². The third-order valence-electron chi connectivity index (χ3n) is 6.23. The van der Waals surface area contributed by atoms with Crippen molar-refractivity contribution in [2.75, 3.05) is 4.90 Å². The monoisotopic (exact) mass is 421 g/mol. The van der Waals surface area contributed by atoms with Crippen molar-refractivity contribution in [1.82, 2.24) is 0 Å². The topological polar surface area (TPSA) is 37.4 Å². The number of rotatable bonds is 3. The number of imide groups is 1. The summed E-state index contributed by atoms with van der Waals surface area (Å²) in [6.07, 6.45) is 0.243. The van der Waals surface area contributed by atoms with Crippen molar-refractivity contribution in [3.8, 4) is 0 Å². The van der Waals surface area contributed by atoms with Crippen LogP contribution in [0.3, 0.4) is 0 Å². The van der Waals surface area contributed by atoms with Crippen LogP contribution in [0.25, 0.3) is 0 Å². The van der Waals surface area contributed by atoms with E-state index in [0.29, 0.717) is 5.69 Å². The molecule has 3 aromatic carbocycles. The standard InChI is InChI=1S/C24H17Cl2NO2/c25-23-16-22(17-10-4-1-5-11-17,18-12-6-2-7-13-18)24(23,26)21(29)27(20(23)28)19-14-8-3-9-15-19/h1-15H,16H2/t23-,24-/m1/s1. The zero-order valence-electron chi connectivity index (χ0n) is 15.4. The largest absolute Gasteiger partial charge is 0.272 e. The number of carbonyl (C=O) groups is 2. The highest BCUT2D eigenvalue weighted by Gasteiger charge is 2.86. The summed E-state index contributed by atoms with van der Waals surface area (Å²) in [5, 5.41) is 0. The van der Waals surface area contributed by atoms with Gasteiger partial charge in [-0.3, -0.25) is 9.59 Å². The number of nitrogens with zero attached hydrogens (tertiary/aromatic N) is 1. The smallest absolute Gasteiger partial charge is 0.258 e. The first-order valence-electron chi connectivity index (χ1n) is 9.40. The summed E-state index contributed by atoms with van der Waals surface area (Å²) in [5.74, 6) is -0.947. The Morgan fingerprint density at radius 2 is 1.10 bits per heavy atom. The number of benzene rings is 3. The Hall–Kier alpha value is -2.62. The summed E-state index contributed by atoms with van der Waals surface area (Å²) >= 11 is 14.1. The fraction of sp³-hybridized carbons (Fsp3) is 0.167. The molecule has 5 rings (SSSR count). The minimum atomic E-state index is -1.63. The maximum absolute atomic E-state index is 13.8. The highest BCUT2D eigenvalue weighted by molar-refractivity contribution is 6.60. The van der Waals surface area contributed by atoms with E-state index in [-0.39, 0.29) is 6.42 Å². The van der Waals surface area contributed by atoms with Crippen molar-refractivity contribution >= 4 is 40.7 Å². The fourth-order valence-corrected chi connectivity index (χ4v) is 5.91. The quantitative estimate of drug-likeness (QED) is 0.445. The summed E-state index contributed by atoms with van der Waals surface area (Å²) in [7, 11) is 0. The highest BCUT2D eigenvalue weighted by atomic mass is 35.5. The van der Waals surface area contributed by atoms with Crippen LogP contribution >= 0.6 is 23.2 Å². The van der Waals surface area contributed by atoms with Crippen LogP contribution in [0.1, 0.15) is 17.5 Å². The Kier molecular flexibility index (Phi) is 3.93. The van der Waals surface area contributed by atoms with Gasteiger partial charge in [0.1, 0.15) is 0 Å². The van der Waals surface area contributed by atoms with Gasteiger partial charge in [0, 0.05) is 0 Å². The van der Waals surface area contributed by atoms with Crippen LogP contribution in [0.5, 0.6) is 0 Å². The number of hydrogen-bond acceptors (Lipinski definition) is 2. The van der Waals surface area contributed by atoms with Gasteiger partial charge < -0.3 is 0 Å². The van der Waals surface area contributed by atoms with Gasteiger partial charge in [-0.1, -0.05) is 78.9 Å². The average molecular weight is 422 g/mol. The summed E-state index contributed by atoms with van der Waals surface area (Å²) in [4.78, 5) is 25.1. The van der Waals surface area contributed by atoms with Gasteiger partial charge in [-0.05, 0) is 29.7 Å². The second-order valence-electron chi connectivity index (χ2n) is 7.56. The molecule has 0 aromatic heterocycles. The van der Waals surface area contributed by atoms with Crippen molar-refractivity contribution in [3.63, 3.8) is 0 Å². The predicted molar refractivity (Wildman–Crippen MR) is 114 cm³/mol. The van der Waals surface area contributed by atoms with E-state index in [1.807, 2.05) is 66.7 Å². The highest BCUT2D eigenvalue weighted by Crippen LogP contribution is 2.71. The van der Waals surface area contributed by atoms with E-state index in [0.717, 1.165) is 16.0 Å². The number of amides is 2. The van der Waals surface area contributed by atoms with E-state index in [9.17, 15) is 9.59 Å². The van der Waals surface area contributed by atoms with Gasteiger partial charge in [0.15, 0.2) is 9.75 Å². The first-order valence-corrected chi connectivity index (χ1v) is 10.2. The van der Waals surface area contributed by atoms with E-state index in [2.05, 4.69) is 0 Å². The Bertz CT molecular complexity index is 1060. The van der Waals surface area contributed by atoms with Gasteiger partial charge in [-0.15, -0.1) is 23.2 Å². The van der Waals surface area contributed by atoms with Crippen LogP contribution < -0.4 is 4.90 Å². The van der Waals surface area contributed by atoms with E-state index >= 15 is 0 Å². The van der Waals surface area contributed by atoms with Gasteiger partial charge in [-0.25, -0.2) is 4.90 Å². The number of halogens is 2. The second kappa shape index (κ2) is 6.19. The minimum Gasteiger partial charge on any atom is -0.272 e. The number of alkyl halides is 2. The second-order valence-corrected chi connectivity index (χ2v) is 8.77. The fourth-order valence-electron chi connectivity index (χ4n) is 4.86. The Morgan fingerprint density at radius 1 is 0.655 bits per heavy atom. The molecular weight excluding hydrogens is 405 g/mol. The SMILES string of the molecule is O=C1N(c2ccccc2)C(=O)[C@@]2(Cl)C(c3ccccc3)(c3ccccc3)C[C@@]12Cl. The molecule has 1 aliphatic heterocycles. The van der Waals surface area contributed by atoms with Gasteiger partial charge in [0.25, 0.3) is 11.8 Å². The number of hydrogen-bond donors (Lipinski definition) is 0. The lowest BCUT2D eigenvalue weighted by Gasteiger charge is -2.59. The number of anilines is 1. The summed E-state index contributed by atoms with van der Waals surface area (Å²) < 4.78 is 0. The summed E-state index contributed by atoms with van der Waals surface area (Å²) in [5.41, 5.74) is 1.31. The van der Waals surface area contributed by atoms with Crippen LogP contribution in [-0.4, -0.2) is 21.6 Å². The summed E-state index contributed by atoms with van der Waals surface area (Å²) in [6, 6.07) is 28.0. The molecule has 0 N–H and O–H groups in total. The molecule has 0 radical (unpaired) electrons. The zero-order chi connectivity index (χ0) is 20.3. The molecule has 0 unspecified atom stereocenters. The van der Waals surface area contributed by atoms with E-state index < -0.39 is 27.0 Å². The normalized spacial score (nSPS) is 27.4. The van der Waals surface area contributed by atoms with Gasteiger partial charge in [0.05, 0.1) is 11.1 Å². The van der Waals surface area contributed by atoms with Crippen LogP contribution in [0, 0.1) is 0 Å². The molecule has 29 heavy (non-hydrogen) atoms. The lowest BCUT2D eigenvalue weighted by Crippen LogP contribution is -2.74. The lowest BCUT2D eigenvalue weighted by molar-refractivity contribution is -0.124. The van der Waals surface area contributed by atoms with Crippen LogP contribution in [0.2, 0.25) is 0 Å². The van der Waals surface area contributed by atoms with E-state index in [4.69, 9.17) is 23.2 Å². The Morgan fingerprint density at radius 3 is 1.59 bits per heavy atom. The molecule has 2 amide bonds. The maximum atomic E-state index is 13.8. The Balaban J connectivity index is 1.75. The van der Waals surface area contributed by atoms with Crippen molar-refractivity contribution in [1.29, 1.82) is 0 Å². The van der Waals surface area contributed by atoms with Crippen molar-refractivity contribution in [2.24, 2.45) is 0 Å². The molecule has 1 aliphatic carbocycles. The summed E-state index contributed by atoms with van der Waals surface area (Å²) in [6.45, 7) is 0. The number of para-hydroxylation sites is 1. The molecule has 144 valence electrons. The molecule has 3 aromatic rings. The van der Waals surface area contributed by atoms with Gasteiger partial charge in [-0.2, -0.15) is 0 Å². The molecule has 0 spiro atoms. The van der Waals surface area contributed by atoms with Gasteiger partial charge >= 0.3 is 0 Å². The predicted octanol–water partition coefficient (Wildman–Crippen LogP) is 4.91. The first-order chi connectivity index (χ1) is 14.0. The average Bonchev–Trinajstić information content (AvgIpc) is 2.88. The van der Waals surface area contributed by atoms with Crippen LogP contribution in [0.4, 0.5) is 5.69 Å². The molecule has 1 heterocycles. The van der Waals surface area contributed by atoms with Crippen molar-refractivity contribution in [3.05, 3.63) is 102 Å². The molecule has 2 fully saturated rings. The molecule has 1 saturated heterocycles. The molecule has 5 heteroatoms. The zero-order valence-corrected chi connectivity index (χ0v) is 16.9. The lowest BCUT2D eigenvalue weighted by atomic mass is 9.48. The molecule has 0 bridgehead atoms. The number of fused-ring (bicyclic) bond motifs is 1. The molecule has 2 atom stereocenters. The third kappa shape index (κ3) is 2.09. The van der Waals surface area contributed by atoms with E-state index in [1.54, 1.807) is 24.3 Å². The molecular formula is C24H17Cl2NO2. The maximum Gasteiger partial charge on any atom is 0.258 e. The first kappa shape index (κ1) is 18.4. The molecule has 3 nitrogen and oxygen atoms in total. The number of carbonyl (C=O) groups excluding carboxylic acids is 2. The van der Waals surface area contributed by atoms with Crippen LogP contribution in [-0.2, 0) is 15.0 Å².